The third-order valence-electron chi connectivity index (χ3n) is 6.60. The van der Waals surface area contributed by atoms with Crippen LogP contribution in [0.15, 0.2) is 42.0 Å². The number of nitrogens with zero attached hydrogens (tertiary/aromatic N) is 2. The number of carbonyl (C=O) groups excluding carboxylic acids is 3. The minimum Gasteiger partial charge on any atom is -0.366 e. The van der Waals surface area contributed by atoms with Gasteiger partial charge >= 0.3 is 6.03 Å². The highest BCUT2D eigenvalue weighted by Gasteiger charge is 2.38. The Hall–Kier alpha value is -3.41. The summed E-state index contributed by atoms with van der Waals surface area (Å²) in [6.07, 6.45) is 2.60. The number of hydrogen-bond donors (Lipinski definition) is 1. The van der Waals surface area contributed by atoms with Gasteiger partial charge in [-0.2, -0.15) is 0 Å². The van der Waals surface area contributed by atoms with Crippen LogP contribution in [0.3, 0.4) is 0 Å². The van der Waals surface area contributed by atoms with E-state index in [4.69, 9.17) is 0 Å². The molecule has 2 heterocycles. The molecule has 0 aromatic heterocycles. The lowest BCUT2D eigenvalue weighted by molar-refractivity contribution is -0.122. The number of barbiturate groups is 1. The summed E-state index contributed by atoms with van der Waals surface area (Å²) in [6, 6.07) is 10.8. The zero-order valence-corrected chi connectivity index (χ0v) is 20.2. The molecular weight excluding hydrogens is 414 g/mol. The van der Waals surface area contributed by atoms with Crippen molar-refractivity contribution in [3.05, 3.63) is 64.2 Å². The summed E-state index contributed by atoms with van der Waals surface area (Å²) in [5.74, 6) is -0.941. The largest absolute Gasteiger partial charge is 0.366 e. The number of urea groups is 1. The smallest absolute Gasteiger partial charge is 0.335 e. The first-order chi connectivity index (χ1) is 15.5. The number of anilines is 2. The van der Waals surface area contributed by atoms with Crippen LogP contribution in [0.5, 0.6) is 0 Å². The van der Waals surface area contributed by atoms with Gasteiger partial charge in [0.05, 0.1) is 5.69 Å². The summed E-state index contributed by atoms with van der Waals surface area (Å²) in [6.45, 7) is 13.6. The van der Waals surface area contributed by atoms with E-state index in [1.54, 1.807) is 18.2 Å². The van der Waals surface area contributed by atoms with Gasteiger partial charge in [-0.3, -0.25) is 14.9 Å². The molecule has 1 saturated heterocycles. The Morgan fingerprint density at radius 2 is 1.73 bits per heavy atom. The summed E-state index contributed by atoms with van der Waals surface area (Å²) in [5.41, 5.74) is 5.49. The molecular formula is C27H31N3O3. The molecule has 0 radical (unpaired) electrons. The Balaban J connectivity index is 1.74. The van der Waals surface area contributed by atoms with E-state index >= 15 is 0 Å². The molecule has 172 valence electrons. The van der Waals surface area contributed by atoms with Gasteiger partial charge < -0.3 is 4.90 Å². The monoisotopic (exact) mass is 445 g/mol. The number of carbonyl (C=O) groups is 3. The van der Waals surface area contributed by atoms with E-state index in [9.17, 15) is 14.4 Å². The van der Waals surface area contributed by atoms with Crippen LogP contribution in [0.1, 0.15) is 62.3 Å². The molecule has 2 aromatic rings. The number of nitrogens with one attached hydrogen (secondary N) is 1. The average molecular weight is 446 g/mol. The van der Waals surface area contributed by atoms with Crippen molar-refractivity contribution in [2.75, 3.05) is 16.3 Å². The number of imide groups is 2. The van der Waals surface area contributed by atoms with Crippen molar-refractivity contribution in [1.29, 1.82) is 0 Å². The first kappa shape index (κ1) is 22.8. The number of rotatable bonds is 3. The van der Waals surface area contributed by atoms with Gasteiger partial charge in [0.1, 0.15) is 5.57 Å². The van der Waals surface area contributed by atoms with Crippen LogP contribution in [0.2, 0.25) is 0 Å². The normalized spacial score (nSPS) is 21.3. The molecule has 0 saturated carbocycles. The highest BCUT2D eigenvalue weighted by molar-refractivity contribution is 6.39. The fraction of sp³-hybridized carbons (Fsp3) is 0.370. The molecule has 33 heavy (non-hydrogen) atoms. The molecule has 2 aliphatic rings. The van der Waals surface area contributed by atoms with Crippen LogP contribution in [-0.2, 0) is 9.59 Å². The second-order valence-electron chi connectivity index (χ2n) is 9.78. The number of amides is 4. The van der Waals surface area contributed by atoms with Gasteiger partial charge in [-0.1, -0.05) is 19.1 Å². The number of hydrogen-bond acceptors (Lipinski definition) is 4. The minimum atomic E-state index is -0.730. The van der Waals surface area contributed by atoms with E-state index in [2.05, 4.69) is 50.0 Å². The van der Waals surface area contributed by atoms with E-state index in [-0.39, 0.29) is 11.1 Å². The maximum atomic E-state index is 13.3. The summed E-state index contributed by atoms with van der Waals surface area (Å²) in [7, 11) is 0. The molecule has 1 N–H and O–H groups in total. The van der Waals surface area contributed by atoms with Crippen LogP contribution in [0.25, 0.3) is 6.08 Å². The Bertz CT molecular complexity index is 1170. The van der Waals surface area contributed by atoms with Gasteiger partial charge in [0.15, 0.2) is 0 Å². The maximum absolute atomic E-state index is 13.3. The predicted molar refractivity (Wildman–Crippen MR) is 131 cm³/mol. The fourth-order valence-corrected chi connectivity index (χ4v) is 5.34. The Labute approximate surface area is 195 Å². The zero-order valence-electron chi connectivity index (χ0n) is 20.2. The molecule has 0 aliphatic carbocycles. The molecule has 2 aromatic carbocycles. The van der Waals surface area contributed by atoms with Crippen LogP contribution in [0.4, 0.5) is 16.2 Å². The van der Waals surface area contributed by atoms with Gasteiger partial charge in [-0.05, 0) is 99.6 Å². The first-order valence-electron chi connectivity index (χ1n) is 11.4. The van der Waals surface area contributed by atoms with Gasteiger partial charge in [0, 0.05) is 17.8 Å². The highest BCUT2D eigenvalue weighted by atomic mass is 16.2. The van der Waals surface area contributed by atoms with Crippen LogP contribution >= 0.6 is 0 Å². The van der Waals surface area contributed by atoms with Gasteiger partial charge in [-0.15, -0.1) is 0 Å². The lowest BCUT2D eigenvalue weighted by Gasteiger charge is -2.47. The van der Waals surface area contributed by atoms with Crippen LogP contribution in [0, 0.1) is 13.8 Å². The third-order valence-corrected chi connectivity index (χ3v) is 6.60. The van der Waals surface area contributed by atoms with Crippen LogP contribution < -0.4 is 15.1 Å². The number of fused-ring (bicyclic) bond motifs is 1. The van der Waals surface area contributed by atoms with Crippen molar-refractivity contribution in [2.45, 2.75) is 59.4 Å². The SMILES string of the molecule is CCN1c2ccc(/C=C3\C(=O)NC(=O)N(c4cc(C)cc(C)c4)C3=O)cc2[C@@H](C)CC1(C)C. The van der Waals surface area contributed by atoms with Crippen molar-refractivity contribution in [1.82, 2.24) is 5.32 Å². The molecule has 0 unspecified atom stereocenters. The Kier molecular flexibility index (Phi) is 5.64. The van der Waals surface area contributed by atoms with E-state index in [1.807, 2.05) is 26.0 Å². The van der Waals surface area contributed by atoms with Gasteiger partial charge in [0.25, 0.3) is 11.8 Å². The van der Waals surface area contributed by atoms with Gasteiger partial charge in [0.2, 0.25) is 0 Å². The molecule has 0 spiro atoms. The zero-order chi connectivity index (χ0) is 24.1. The lowest BCUT2D eigenvalue weighted by Crippen LogP contribution is -2.54. The van der Waals surface area contributed by atoms with Crippen molar-refractivity contribution in [3.8, 4) is 0 Å². The summed E-state index contributed by atoms with van der Waals surface area (Å²) >= 11 is 0. The molecule has 6 nitrogen and oxygen atoms in total. The number of aryl methyl sites for hydroxylation is 2. The highest BCUT2D eigenvalue weighted by Crippen LogP contribution is 2.43. The van der Waals surface area contributed by atoms with Crippen molar-refractivity contribution < 1.29 is 14.4 Å². The van der Waals surface area contributed by atoms with Crippen molar-refractivity contribution in [3.63, 3.8) is 0 Å². The molecule has 1 fully saturated rings. The fourth-order valence-electron chi connectivity index (χ4n) is 5.34. The first-order valence-corrected chi connectivity index (χ1v) is 11.4. The van der Waals surface area contributed by atoms with Crippen molar-refractivity contribution in [2.24, 2.45) is 0 Å². The van der Waals surface area contributed by atoms with E-state index < -0.39 is 17.8 Å². The third kappa shape index (κ3) is 4.06. The Morgan fingerprint density at radius 1 is 1.06 bits per heavy atom. The predicted octanol–water partition coefficient (Wildman–Crippen LogP) is 5.08. The average Bonchev–Trinajstić information content (AvgIpc) is 2.70. The summed E-state index contributed by atoms with van der Waals surface area (Å²) < 4.78 is 0. The van der Waals surface area contributed by atoms with E-state index in [0.29, 0.717) is 11.6 Å². The molecule has 4 rings (SSSR count). The topological polar surface area (TPSA) is 69.7 Å². The molecule has 1 atom stereocenters. The number of benzene rings is 2. The van der Waals surface area contributed by atoms with Crippen molar-refractivity contribution >= 4 is 35.3 Å². The maximum Gasteiger partial charge on any atom is 0.335 e. The van der Waals surface area contributed by atoms with Gasteiger partial charge in [-0.25, -0.2) is 9.69 Å². The second kappa shape index (κ2) is 8.18. The quantitative estimate of drug-likeness (QED) is 0.528. The molecule has 4 amide bonds. The second-order valence-corrected chi connectivity index (χ2v) is 9.78. The lowest BCUT2D eigenvalue weighted by atomic mass is 9.79. The molecule has 2 aliphatic heterocycles. The standard InChI is InChI=1S/C27H31N3O3/c1-7-29-23-9-8-19(13-21(23)18(4)15-27(29,5)6)14-22-24(31)28-26(33)30(25(22)32)20-11-16(2)10-17(3)12-20/h8-14,18H,7,15H2,1-6H3,(H,28,31,33)/b22-14+/t18-/m0/s1. The summed E-state index contributed by atoms with van der Waals surface area (Å²) in [5, 5.41) is 2.32. The van der Waals surface area contributed by atoms with Crippen LogP contribution in [-0.4, -0.2) is 29.9 Å². The van der Waals surface area contributed by atoms with E-state index in [0.717, 1.165) is 34.6 Å². The molecule has 0 bridgehead atoms. The Morgan fingerprint density at radius 3 is 2.36 bits per heavy atom. The van der Waals surface area contributed by atoms with E-state index in [1.165, 1.54) is 11.3 Å². The summed E-state index contributed by atoms with van der Waals surface area (Å²) in [4.78, 5) is 41.9. The molecule has 6 heteroatoms. The minimum absolute atomic E-state index is 0.0511.